The van der Waals surface area contributed by atoms with E-state index in [1.54, 1.807) is 0 Å². The molecular weight excluding hydrogens is 316 g/mol. The van der Waals surface area contributed by atoms with Crippen LogP contribution < -0.4 is 5.32 Å². The molecule has 1 aromatic rings. The summed E-state index contributed by atoms with van der Waals surface area (Å²) in [6.45, 7) is 7.62. The Morgan fingerprint density at radius 1 is 1.50 bits per heavy atom. The van der Waals surface area contributed by atoms with Crippen molar-refractivity contribution >= 4 is 15.9 Å². The van der Waals surface area contributed by atoms with Crippen LogP contribution in [0.25, 0.3) is 0 Å². The maximum Gasteiger partial charge on any atom is 0.0701 e. The topological polar surface area (TPSA) is 33.1 Å². The average Bonchev–Trinajstić information content (AvgIpc) is 3.03. The maximum atomic E-state index is 4.56. The van der Waals surface area contributed by atoms with Crippen LogP contribution >= 0.6 is 15.9 Å². The average molecular weight is 343 g/mol. The first kappa shape index (κ1) is 16.0. The number of aromatic nitrogens is 2. The standard InChI is InChI=1S/C15H27BrN4/c1-5-8-17-14(15(2)6-7-15)13-12(16)11-18-20(13)10-9-19(3)4/h11,14,17H,5-10H2,1-4H3. The zero-order valence-electron chi connectivity index (χ0n) is 13.1. The molecule has 1 atom stereocenters. The molecule has 0 aromatic carbocycles. The van der Waals surface area contributed by atoms with E-state index in [-0.39, 0.29) is 0 Å². The highest BCUT2D eigenvalue weighted by atomic mass is 79.9. The van der Waals surface area contributed by atoms with E-state index >= 15 is 0 Å². The largest absolute Gasteiger partial charge is 0.308 e. The lowest BCUT2D eigenvalue weighted by Gasteiger charge is -2.27. The maximum absolute atomic E-state index is 4.56. The summed E-state index contributed by atoms with van der Waals surface area (Å²) in [5.41, 5.74) is 1.72. The van der Waals surface area contributed by atoms with Gasteiger partial charge in [0.1, 0.15) is 0 Å². The molecule has 1 aromatic heterocycles. The zero-order valence-corrected chi connectivity index (χ0v) is 14.7. The molecule has 0 bridgehead atoms. The van der Waals surface area contributed by atoms with Gasteiger partial charge in [0, 0.05) is 6.54 Å². The highest BCUT2D eigenvalue weighted by Gasteiger charge is 2.47. The van der Waals surface area contributed by atoms with Gasteiger partial charge in [0.25, 0.3) is 0 Å². The number of likely N-dealkylation sites (N-methyl/N-ethyl adjacent to an activating group) is 1. The number of rotatable bonds is 8. The van der Waals surface area contributed by atoms with E-state index in [2.05, 4.69) is 63.9 Å². The van der Waals surface area contributed by atoms with Crippen molar-refractivity contribution in [1.29, 1.82) is 0 Å². The Morgan fingerprint density at radius 2 is 2.20 bits per heavy atom. The van der Waals surface area contributed by atoms with Gasteiger partial charge < -0.3 is 10.2 Å². The van der Waals surface area contributed by atoms with Crippen molar-refractivity contribution in [1.82, 2.24) is 20.0 Å². The van der Waals surface area contributed by atoms with E-state index in [9.17, 15) is 0 Å². The van der Waals surface area contributed by atoms with Crippen molar-refractivity contribution in [2.45, 2.75) is 45.7 Å². The van der Waals surface area contributed by atoms with Gasteiger partial charge in [0.2, 0.25) is 0 Å². The fourth-order valence-electron chi connectivity index (χ4n) is 2.58. The molecule has 2 rings (SSSR count). The molecule has 0 amide bonds. The minimum atomic E-state index is 0.396. The predicted octanol–water partition coefficient (Wildman–Crippen LogP) is 3.05. The normalized spacial score (nSPS) is 18.5. The van der Waals surface area contributed by atoms with E-state index in [0.717, 1.165) is 30.5 Å². The summed E-state index contributed by atoms with van der Waals surface area (Å²) in [4.78, 5) is 2.20. The van der Waals surface area contributed by atoms with Gasteiger partial charge in [-0.25, -0.2) is 0 Å². The van der Waals surface area contributed by atoms with E-state index in [1.165, 1.54) is 18.5 Å². The summed E-state index contributed by atoms with van der Waals surface area (Å²) < 4.78 is 3.30. The Kier molecular flexibility index (Phi) is 5.26. The van der Waals surface area contributed by atoms with Gasteiger partial charge in [-0.2, -0.15) is 5.10 Å². The van der Waals surface area contributed by atoms with Gasteiger partial charge >= 0.3 is 0 Å². The van der Waals surface area contributed by atoms with Crippen LogP contribution in [0.1, 0.15) is 44.8 Å². The summed E-state index contributed by atoms with van der Waals surface area (Å²) >= 11 is 3.70. The van der Waals surface area contributed by atoms with Gasteiger partial charge in [-0.15, -0.1) is 0 Å². The second-order valence-corrected chi connectivity index (χ2v) is 7.30. The van der Waals surface area contributed by atoms with Crippen molar-refractivity contribution in [2.75, 3.05) is 27.2 Å². The molecule has 1 saturated carbocycles. The molecule has 1 fully saturated rings. The van der Waals surface area contributed by atoms with Gasteiger partial charge in [-0.05, 0) is 61.2 Å². The van der Waals surface area contributed by atoms with Crippen molar-refractivity contribution in [2.24, 2.45) is 5.41 Å². The third kappa shape index (κ3) is 3.62. The first-order valence-corrected chi connectivity index (χ1v) is 8.36. The van der Waals surface area contributed by atoms with Crippen molar-refractivity contribution in [3.8, 4) is 0 Å². The fourth-order valence-corrected chi connectivity index (χ4v) is 3.10. The van der Waals surface area contributed by atoms with Gasteiger partial charge in [-0.3, -0.25) is 4.68 Å². The van der Waals surface area contributed by atoms with Crippen LogP contribution in [-0.2, 0) is 6.54 Å². The molecule has 5 heteroatoms. The Bertz CT molecular complexity index is 437. The lowest BCUT2D eigenvalue weighted by molar-refractivity contribution is 0.323. The third-order valence-corrected chi connectivity index (χ3v) is 4.81. The lowest BCUT2D eigenvalue weighted by atomic mass is 9.95. The van der Waals surface area contributed by atoms with Gasteiger partial charge in [-0.1, -0.05) is 13.8 Å². The van der Waals surface area contributed by atoms with Crippen LogP contribution in [0.4, 0.5) is 0 Å². The summed E-state index contributed by atoms with van der Waals surface area (Å²) in [7, 11) is 4.21. The quantitative estimate of drug-likeness (QED) is 0.788. The molecule has 114 valence electrons. The zero-order chi connectivity index (χ0) is 14.8. The number of nitrogens with zero attached hydrogens (tertiary/aromatic N) is 3. The van der Waals surface area contributed by atoms with Crippen LogP contribution in [0, 0.1) is 5.41 Å². The smallest absolute Gasteiger partial charge is 0.0701 e. The molecule has 1 aliphatic rings. The molecule has 0 saturated heterocycles. The molecule has 0 aliphatic heterocycles. The third-order valence-electron chi connectivity index (χ3n) is 4.20. The molecular formula is C15H27BrN4. The predicted molar refractivity (Wildman–Crippen MR) is 86.9 cm³/mol. The van der Waals surface area contributed by atoms with Crippen molar-refractivity contribution in [3.05, 3.63) is 16.4 Å². The Hall–Kier alpha value is -0.390. The van der Waals surface area contributed by atoms with E-state index in [4.69, 9.17) is 0 Å². The highest BCUT2D eigenvalue weighted by Crippen LogP contribution is 2.55. The SMILES string of the molecule is CCCNC(c1c(Br)cnn1CCN(C)C)C1(C)CC1. The van der Waals surface area contributed by atoms with Crippen molar-refractivity contribution < 1.29 is 0 Å². The Balaban J connectivity index is 2.20. The molecule has 20 heavy (non-hydrogen) atoms. The highest BCUT2D eigenvalue weighted by molar-refractivity contribution is 9.10. The second kappa shape index (κ2) is 6.58. The summed E-state index contributed by atoms with van der Waals surface area (Å²) in [5, 5.41) is 8.30. The minimum Gasteiger partial charge on any atom is -0.308 e. The fraction of sp³-hybridized carbons (Fsp3) is 0.800. The van der Waals surface area contributed by atoms with Crippen LogP contribution in [0.5, 0.6) is 0 Å². The molecule has 0 spiro atoms. The lowest BCUT2D eigenvalue weighted by Crippen LogP contribution is -2.32. The number of halogens is 1. The van der Waals surface area contributed by atoms with Crippen LogP contribution in [0.2, 0.25) is 0 Å². The monoisotopic (exact) mass is 342 g/mol. The first-order chi connectivity index (χ1) is 9.48. The van der Waals surface area contributed by atoms with Crippen molar-refractivity contribution in [3.63, 3.8) is 0 Å². The van der Waals surface area contributed by atoms with E-state index < -0.39 is 0 Å². The summed E-state index contributed by atoms with van der Waals surface area (Å²) in [6, 6.07) is 0.404. The van der Waals surface area contributed by atoms with Gasteiger partial charge in [0.15, 0.2) is 0 Å². The van der Waals surface area contributed by atoms with Gasteiger partial charge in [0.05, 0.1) is 29.0 Å². The van der Waals surface area contributed by atoms with Crippen LogP contribution in [0.15, 0.2) is 10.7 Å². The minimum absolute atomic E-state index is 0.396. The van der Waals surface area contributed by atoms with Crippen LogP contribution in [-0.4, -0.2) is 41.9 Å². The first-order valence-electron chi connectivity index (χ1n) is 7.57. The number of nitrogens with one attached hydrogen (secondary N) is 1. The molecule has 1 heterocycles. The molecule has 0 radical (unpaired) electrons. The molecule has 4 nitrogen and oxygen atoms in total. The Labute approximate surface area is 131 Å². The van der Waals surface area contributed by atoms with E-state index in [0.29, 0.717) is 11.5 Å². The summed E-state index contributed by atoms with van der Waals surface area (Å²) in [5.74, 6) is 0. The molecule has 1 N–H and O–H groups in total. The number of hydrogen-bond acceptors (Lipinski definition) is 3. The molecule has 1 aliphatic carbocycles. The second-order valence-electron chi connectivity index (χ2n) is 6.45. The molecule has 1 unspecified atom stereocenters. The number of hydrogen-bond donors (Lipinski definition) is 1. The van der Waals surface area contributed by atoms with Crippen LogP contribution in [0.3, 0.4) is 0 Å². The Morgan fingerprint density at radius 3 is 2.75 bits per heavy atom. The van der Waals surface area contributed by atoms with E-state index in [1.807, 2.05) is 6.20 Å². The summed E-state index contributed by atoms with van der Waals surface area (Å²) in [6.07, 6.45) is 5.72.